The third kappa shape index (κ3) is 7.53. The molecular formula is C21H30N2O4. The van der Waals surface area contributed by atoms with Gasteiger partial charge in [0.1, 0.15) is 0 Å². The van der Waals surface area contributed by atoms with E-state index in [1.807, 2.05) is 31.2 Å². The molecule has 0 unspecified atom stereocenters. The summed E-state index contributed by atoms with van der Waals surface area (Å²) in [4.78, 5) is 24.0. The molecule has 6 nitrogen and oxygen atoms in total. The van der Waals surface area contributed by atoms with Gasteiger partial charge < -0.3 is 20.5 Å². The van der Waals surface area contributed by atoms with Crippen LogP contribution in [0.5, 0.6) is 0 Å². The van der Waals surface area contributed by atoms with Crippen LogP contribution in [0.25, 0.3) is 0 Å². The summed E-state index contributed by atoms with van der Waals surface area (Å²) in [5.41, 5.74) is 3.37. The zero-order chi connectivity index (χ0) is 19.5. The molecule has 2 rings (SSSR count). The van der Waals surface area contributed by atoms with Crippen molar-refractivity contribution < 1.29 is 19.4 Å². The van der Waals surface area contributed by atoms with Gasteiger partial charge in [-0.15, -0.1) is 0 Å². The van der Waals surface area contributed by atoms with Crippen molar-refractivity contribution >= 4 is 11.8 Å². The van der Waals surface area contributed by atoms with Crippen molar-refractivity contribution in [2.45, 2.75) is 45.1 Å². The van der Waals surface area contributed by atoms with Gasteiger partial charge in [-0.2, -0.15) is 0 Å². The summed E-state index contributed by atoms with van der Waals surface area (Å²) in [6.45, 7) is 2.69. The number of rotatable bonds is 9. The first-order chi connectivity index (χ1) is 13.1. The molecule has 0 fully saturated rings. The molecule has 2 amide bonds. The van der Waals surface area contributed by atoms with Gasteiger partial charge in [-0.25, -0.2) is 0 Å². The number of hydrogen-bond donors (Lipinski definition) is 3. The van der Waals surface area contributed by atoms with Crippen LogP contribution in [0.15, 0.2) is 35.9 Å². The highest BCUT2D eigenvalue weighted by atomic mass is 16.5. The van der Waals surface area contributed by atoms with Crippen LogP contribution in [0.4, 0.5) is 0 Å². The van der Waals surface area contributed by atoms with Crippen LogP contribution in [-0.4, -0.2) is 43.2 Å². The average molecular weight is 374 g/mol. The second-order valence-corrected chi connectivity index (χ2v) is 6.82. The summed E-state index contributed by atoms with van der Waals surface area (Å²) < 4.78 is 5.60. The molecule has 6 heteroatoms. The fraction of sp³-hybridized carbons (Fsp3) is 0.524. The Morgan fingerprint density at radius 2 is 1.89 bits per heavy atom. The lowest BCUT2D eigenvalue weighted by Gasteiger charge is -2.19. The molecule has 1 aromatic carbocycles. The normalized spacial score (nSPS) is 15.0. The summed E-state index contributed by atoms with van der Waals surface area (Å²) in [6.07, 6.45) is 7.25. The summed E-state index contributed by atoms with van der Waals surface area (Å²) in [5.74, 6) is -1.30. The van der Waals surface area contributed by atoms with E-state index in [2.05, 4.69) is 16.7 Å². The summed E-state index contributed by atoms with van der Waals surface area (Å²) in [7, 11) is 0. The van der Waals surface area contributed by atoms with E-state index in [0.29, 0.717) is 6.54 Å². The van der Waals surface area contributed by atoms with Gasteiger partial charge in [0, 0.05) is 13.1 Å². The van der Waals surface area contributed by atoms with Crippen molar-refractivity contribution in [3.8, 4) is 0 Å². The maximum atomic E-state index is 12.0. The van der Waals surface area contributed by atoms with Gasteiger partial charge in [-0.3, -0.25) is 9.59 Å². The lowest BCUT2D eigenvalue weighted by atomic mass is 9.97. The number of aliphatic hydroxyl groups is 1. The van der Waals surface area contributed by atoms with E-state index in [9.17, 15) is 9.59 Å². The molecule has 3 N–H and O–H groups in total. The van der Waals surface area contributed by atoms with Crippen molar-refractivity contribution in [3.63, 3.8) is 0 Å². The van der Waals surface area contributed by atoms with E-state index in [-0.39, 0.29) is 19.8 Å². The number of nitrogens with one attached hydrogen (secondary N) is 2. The van der Waals surface area contributed by atoms with E-state index in [1.165, 1.54) is 18.4 Å². The van der Waals surface area contributed by atoms with Crippen LogP contribution >= 0.6 is 0 Å². The van der Waals surface area contributed by atoms with Gasteiger partial charge in [-0.1, -0.05) is 41.5 Å². The van der Waals surface area contributed by atoms with Gasteiger partial charge in [0.2, 0.25) is 0 Å². The molecule has 1 atom stereocenters. The Labute approximate surface area is 161 Å². The first-order valence-electron chi connectivity index (χ1n) is 9.63. The van der Waals surface area contributed by atoms with Gasteiger partial charge in [-0.05, 0) is 44.6 Å². The molecule has 0 radical (unpaired) electrons. The van der Waals surface area contributed by atoms with Gasteiger partial charge in [0.15, 0.2) is 0 Å². The molecule has 1 aromatic rings. The van der Waals surface area contributed by atoms with E-state index >= 15 is 0 Å². The molecule has 0 saturated carbocycles. The van der Waals surface area contributed by atoms with Crippen molar-refractivity contribution in [2.75, 3.05) is 26.3 Å². The predicted octanol–water partition coefficient (Wildman–Crippen LogP) is 2.17. The Hall–Kier alpha value is -2.18. The molecule has 0 bridgehead atoms. The number of aryl methyl sites for hydroxylation is 1. The second-order valence-electron chi connectivity index (χ2n) is 6.82. The Morgan fingerprint density at radius 3 is 2.56 bits per heavy atom. The average Bonchev–Trinajstić information content (AvgIpc) is 2.69. The SMILES string of the molecule is Cc1ccc([C@@H](CNC(=O)C(=O)NCCC2=CCCCC2)OCCO)cc1. The predicted molar refractivity (Wildman–Crippen MR) is 104 cm³/mol. The van der Waals surface area contributed by atoms with E-state index in [4.69, 9.17) is 9.84 Å². The molecule has 0 spiro atoms. The van der Waals surface area contributed by atoms with E-state index < -0.39 is 17.9 Å². The molecule has 0 aromatic heterocycles. The first kappa shape index (κ1) is 21.1. The van der Waals surface area contributed by atoms with Crippen molar-refractivity contribution in [1.29, 1.82) is 0 Å². The highest BCUT2D eigenvalue weighted by molar-refractivity contribution is 6.35. The number of carbonyl (C=O) groups excluding carboxylic acids is 2. The monoisotopic (exact) mass is 374 g/mol. The maximum Gasteiger partial charge on any atom is 0.309 e. The van der Waals surface area contributed by atoms with E-state index in [0.717, 1.165) is 30.4 Å². The fourth-order valence-corrected chi connectivity index (χ4v) is 3.06. The largest absolute Gasteiger partial charge is 0.394 e. The van der Waals surface area contributed by atoms with Gasteiger partial charge >= 0.3 is 11.8 Å². The minimum absolute atomic E-state index is 0.105. The highest BCUT2D eigenvalue weighted by Gasteiger charge is 2.17. The third-order valence-corrected chi connectivity index (χ3v) is 4.63. The van der Waals surface area contributed by atoms with Crippen molar-refractivity contribution in [1.82, 2.24) is 10.6 Å². The van der Waals surface area contributed by atoms with E-state index in [1.54, 1.807) is 0 Å². The number of hydrogen-bond acceptors (Lipinski definition) is 4. The zero-order valence-corrected chi connectivity index (χ0v) is 16.0. The number of allylic oxidation sites excluding steroid dienone is 1. The van der Waals surface area contributed by atoms with Crippen LogP contribution in [0, 0.1) is 6.92 Å². The van der Waals surface area contributed by atoms with Gasteiger partial charge in [0.25, 0.3) is 0 Å². The summed E-state index contributed by atoms with van der Waals surface area (Å²) >= 11 is 0. The molecule has 1 aliphatic rings. The Morgan fingerprint density at radius 1 is 1.15 bits per heavy atom. The molecule has 27 heavy (non-hydrogen) atoms. The van der Waals surface area contributed by atoms with Crippen LogP contribution in [0.2, 0.25) is 0 Å². The fourth-order valence-electron chi connectivity index (χ4n) is 3.06. The molecular weight excluding hydrogens is 344 g/mol. The number of ether oxygens (including phenoxy) is 1. The second kappa shape index (κ2) is 11.5. The zero-order valence-electron chi connectivity index (χ0n) is 16.0. The van der Waals surface area contributed by atoms with Crippen LogP contribution in [0.3, 0.4) is 0 Å². The van der Waals surface area contributed by atoms with Crippen LogP contribution in [0.1, 0.15) is 49.3 Å². The quantitative estimate of drug-likeness (QED) is 0.457. The Kier molecular flexibility index (Phi) is 9.01. The smallest absolute Gasteiger partial charge is 0.309 e. The van der Waals surface area contributed by atoms with Crippen molar-refractivity contribution in [2.24, 2.45) is 0 Å². The molecule has 0 aliphatic heterocycles. The number of carbonyl (C=O) groups is 2. The Balaban J connectivity index is 1.78. The number of aliphatic hydroxyl groups excluding tert-OH is 1. The van der Waals surface area contributed by atoms with Crippen molar-refractivity contribution in [3.05, 3.63) is 47.0 Å². The molecule has 0 heterocycles. The standard InChI is InChI=1S/C21H30N2O4/c1-16-7-9-18(10-8-16)19(27-14-13-24)15-23-21(26)20(25)22-12-11-17-5-3-2-4-6-17/h5,7-10,19,24H,2-4,6,11-15H2,1H3,(H,22,25)(H,23,26)/t19-/m1/s1. The maximum absolute atomic E-state index is 12.0. The van der Waals surface area contributed by atoms with Gasteiger partial charge in [0.05, 0.1) is 19.3 Å². The summed E-state index contributed by atoms with van der Waals surface area (Å²) in [5, 5.41) is 14.3. The highest BCUT2D eigenvalue weighted by Crippen LogP contribution is 2.19. The lowest BCUT2D eigenvalue weighted by Crippen LogP contribution is -2.42. The third-order valence-electron chi connectivity index (χ3n) is 4.63. The number of amides is 2. The minimum Gasteiger partial charge on any atom is -0.394 e. The number of benzene rings is 1. The molecule has 0 saturated heterocycles. The molecule has 148 valence electrons. The first-order valence-corrected chi connectivity index (χ1v) is 9.63. The lowest BCUT2D eigenvalue weighted by molar-refractivity contribution is -0.139. The van der Waals surface area contributed by atoms with Crippen LogP contribution in [-0.2, 0) is 14.3 Å². The topological polar surface area (TPSA) is 87.7 Å². The Bertz CT molecular complexity index is 640. The summed E-state index contributed by atoms with van der Waals surface area (Å²) in [6, 6.07) is 7.75. The van der Waals surface area contributed by atoms with Crippen LogP contribution < -0.4 is 10.6 Å². The molecule has 1 aliphatic carbocycles. The minimum atomic E-state index is -0.669.